The van der Waals surface area contributed by atoms with Crippen LogP contribution in [0.4, 0.5) is 0 Å². The smallest absolute Gasteiger partial charge is 0.307 e. The van der Waals surface area contributed by atoms with E-state index in [1.165, 1.54) is 128 Å². The highest BCUT2D eigenvalue weighted by atomic mass is 33.1. The molecule has 0 aromatic heterocycles. The predicted molar refractivity (Wildman–Crippen MR) is 235 cm³/mol. The average molecular weight is 819 g/mol. The van der Waals surface area contributed by atoms with Gasteiger partial charge in [0.05, 0.1) is 19.4 Å². The van der Waals surface area contributed by atoms with E-state index in [9.17, 15) is 19.5 Å². The maximum atomic E-state index is 12.7. The Hall–Kier alpha value is -1.01. The number of aliphatic hydroxyl groups is 1. The van der Waals surface area contributed by atoms with Crippen molar-refractivity contribution in [2.45, 2.75) is 181 Å². The molecule has 0 aliphatic carbocycles. The van der Waals surface area contributed by atoms with Crippen LogP contribution in [0.1, 0.15) is 181 Å². The molecular weight excluding hydrogens is 733 g/mol. The first-order valence-electron chi connectivity index (χ1n) is 22.6. The second kappa shape index (κ2) is 42.6. The van der Waals surface area contributed by atoms with Crippen LogP contribution in [0.25, 0.3) is 0 Å². The predicted octanol–water partition coefficient (Wildman–Crippen LogP) is 10.7. The van der Waals surface area contributed by atoms with E-state index in [0.29, 0.717) is 51.7 Å². The van der Waals surface area contributed by atoms with E-state index >= 15 is 0 Å². The average Bonchev–Trinajstić information content (AvgIpc) is 3.17. The number of hydrogen-bond donors (Lipinski definition) is 1. The molecule has 0 saturated carbocycles. The molecule has 326 valence electrons. The molecule has 0 radical (unpaired) electrons. The van der Waals surface area contributed by atoms with Crippen molar-refractivity contribution >= 4 is 39.5 Å². The van der Waals surface area contributed by atoms with Crippen molar-refractivity contribution in [3.63, 3.8) is 0 Å². The molecule has 0 bridgehead atoms. The largest absolute Gasteiger partial charge is 0.465 e. The minimum atomic E-state index is -0.349. The molecule has 11 heteroatoms. The number of nitrogens with zero attached hydrogens (tertiary/aromatic N) is 2. The van der Waals surface area contributed by atoms with Crippen molar-refractivity contribution in [1.82, 2.24) is 9.80 Å². The summed E-state index contributed by atoms with van der Waals surface area (Å²) in [6.07, 6.45) is 28.7. The fourth-order valence-electron chi connectivity index (χ4n) is 6.56. The van der Waals surface area contributed by atoms with Crippen molar-refractivity contribution in [3.8, 4) is 0 Å². The first-order chi connectivity index (χ1) is 26.9. The van der Waals surface area contributed by atoms with Gasteiger partial charge in [0.1, 0.15) is 19.8 Å². The molecule has 0 spiro atoms. The fraction of sp³-hybridized carbons (Fsp3) is 0.932. The summed E-state index contributed by atoms with van der Waals surface area (Å²) in [5, 5.41) is 9.27. The Morgan fingerprint density at radius 2 is 0.945 bits per heavy atom. The number of carbonyl (C=O) groups is 3. The fourth-order valence-corrected chi connectivity index (χ4v) is 8.53. The van der Waals surface area contributed by atoms with Crippen molar-refractivity contribution in [2.75, 3.05) is 77.7 Å². The highest BCUT2D eigenvalue weighted by molar-refractivity contribution is 8.76. The van der Waals surface area contributed by atoms with E-state index in [0.717, 1.165) is 24.3 Å². The third-order valence-corrected chi connectivity index (χ3v) is 12.6. The number of hydrogen-bond acceptors (Lipinski definition) is 11. The lowest BCUT2D eigenvalue weighted by Gasteiger charge is -2.24. The summed E-state index contributed by atoms with van der Waals surface area (Å²) in [4.78, 5) is 41.9. The van der Waals surface area contributed by atoms with Crippen LogP contribution in [0, 0.1) is 5.92 Å². The van der Waals surface area contributed by atoms with Crippen LogP contribution < -0.4 is 0 Å². The normalized spacial score (nSPS) is 11.6. The van der Waals surface area contributed by atoms with Crippen LogP contribution in [-0.2, 0) is 28.6 Å². The lowest BCUT2D eigenvalue weighted by molar-refractivity contribution is -0.153. The Kier molecular flexibility index (Phi) is 41.8. The Labute approximate surface area is 346 Å². The van der Waals surface area contributed by atoms with E-state index in [-0.39, 0.29) is 50.6 Å². The van der Waals surface area contributed by atoms with Crippen LogP contribution in [0.15, 0.2) is 0 Å². The zero-order chi connectivity index (χ0) is 40.5. The summed E-state index contributed by atoms with van der Waals surface area (Å²) in [5.41, 5.74) is 0. The lowest BCUT2D eigenvalue weighted by Crippen LogP contribution is -2.37. The summed E-state index contributed by atoms with van der Waals surface area (Å²) in [7, 11) is 5.57. The first kappa shape index (κ1) is 54.0. The Morgan fingerprint density at radius 3 is 1.45 bits per heavy atom. The summed E-state index contributed by atoms with van der Waals surface area (Å²) in [6, 6.07) is 0. The molecule has 0 aromatic rings. The summed E-state index contributed by atoms with van der Waals surface area (Å²) >= 11 is 0. The molecule has 0 saturated heterocycles. The van der Waals surface area contributed by atoms with Crippen LogP contribution >= 0.6 is 21.6 Å². The molecule has 1 N–H and O–H groups in total. The van der Waals surface area contributed by atoms with Gasteiger partial charge in [-0.2, -0.15) is 0 Å². The lowest BCUT2D eigenvalue weighted by atomic mass is 9.91. The quantitative estimate of drug-likeness (QED) is 0.0275. The number of likely N-dealkylation sites (N-methyl/N-ethyl adjacent to an activating group) is 1. The molecule has 0 aliphatic rings. The van der Waals surface area contributed by atoms with E-state index in [4.69, 9.17) is 14.2 Å². The number of ether oxygens (including phenoxy) is 3. The van der Waals surface area contributed by atoms with Gasteiger partial charge < -0.3 is 29.1 Å². The van der Waals surface area contributed by atoms with Gasteiger partial charge in [-0.25, -0.2) is 0 Å². The number of unbranched alkanes of at least 4 members (excludes halogenated alkanes) is 17. The molecule has 0 rings (SSSR count). The second-order valence-corrected chi connectivity index (χ2v) is 18.0. The van der Waals surface area contributed by atoms with E-state index in [1.807, 2.05) is 22.7 Å². The number of aliphatic hydroxyl groups excluding tert-OH is 1. The van der Waals surface area contributed by atoms with Gasteiger partial charge in [-0.1, -0.05) is 164 Å². The number of rotatable bonds is 43. The van der Waals surface area contributed by atoms with Gasteiger partial charge >= 0.3 is 17.9 Å². The van der Waals surface area contributed by atoms with Gasteiger partial charge in [0, 0.05) is 50.7 Å². The van der Waals surface area contributed by atoms with Crippen molar-refractivity contribution in [3.05, 3.63) is 0 Å². The maximum Gasteiger partial charge on any atom is 0.307 e. The highest BCUT2D eigenvalue weighted by Crippen LogP contribution is 2.24. The molecule has 0 unspecified atom stereocenters. The Morgan fingerprint density at radius 1 is 0.509 bits per heavy atom. The van der Waals surface area contributed by atoms with Gasteiger partial charge in [0.15, 0.2) is 0 Å². The molecule has 0 aliphatic heterocycles. The van der Waals surface area contributed by atoms with Crippen LogP contribution in [-0.4, -0.2) is 111 Å². The molecule has 9 nitrogen and oxygen atoms in total. The molecule has 0 amide bonds. The van der Waals surface area contributed by atoms with Gasteiger partial charge in [-0.05, 0) is 32.2 Å². The number of carbonyl (C=O) groups excluding carboxylic acids is 3. The molecule has 0 heterocycles. The van der Waals surface area contributed by atoms with Crippen molar-refractivity contribution in [2.24, 2.45) is 5.92 Å². The monoisotopic (exact) mass is 819 g/mol. The Balaban J connectivity index is 4.42. The summed E-state index contributed by atoms with van der Waals surface area (Å²) < 4.78 is 16.4. The topological polar surface area (TPSA) is 106 Å². The molecule has 0 aromatic carbocycles. The van der Waals surface area contributed by atoms with Crippen molar-refractivity contribution in [1.29, 1.82) is 0 Å². The van der Waals surface area contributed by atoms with Crippen LogP contribution in [0.5, 0.6) is 0 Å². The summed E-state index contributed by atoms with van der Waals surface area (Å²) in [6.45, 7) is 10.2. The van der Waals surface area contributed by atoms with Gasteiger partial charge in [0.2, 0.25) is 0 Å². The molecule has 55 heavy (non-hydrogen) atoms. The van der Waals surface area contributed by atoms with Crippen LogP contribution in [0.2, 0.25) is 0 Å². The number of esters is 3. The Bertz CT molecular complexity index is 854. The van der Waals surface area contributed by atoms with E-state index in [1.54, 1.807) is 10.8 Å². The summed E-state index contributed by atoms with van der Waals surface area (Å²) in [5.74, 6) is 1.51. The van der Waals surface area contributed by atoms with E-state index in [2.05, 4.69) is 25.7 Å². The first-order valence-corrected chi connectivity index (χ1v) is 25.1. The van der Waals surface area contributed by atoms with Crippen molar-refractivity contribution < 1.29 is 33.7 Å². The second-order valence-electron chi connectivity index (χ2n) is 15.3. The van der Waals surface area contributed by atoms with E-state index < -0.39 is 0 Å². The third-order valence-electron chi connectivity index (χ3n) is 10.1. The highest BCUT2D eigenvalue weighted by Gasteiger charge is 2.16. The van der Waals surface area contributed by atoms with Gasteiger partial charge in [-0.3, -0.25) is 14.4 Å². The maximum absolute atomic E-state index is 12.7. The molecule has 0 fully saturated rings. The SMILES string of the molecule is CCCCCCCCCCSSCCOC(=O)CCN(CCC(=O)OCCOC(=O)CC(CCCCCCCC)CCCCCCCC)CCN(C)CCO. The third kappa shape index (κ3) is 39.6. The molecular formula is C44H86N2O7S2. The zero-order valence-corrected chi connectivity index (χ0v) is 37.8. The van der Waals surface area contributed by atoms with Gasteiger partial charge in [0.25, 0.3) is 0 Å². The van der Waals surface area contributed by atoms with Crippen LogP contribution in [0.3, 0.4) is 0 Å². The zero-order valence-electron chi connectivity index (χ0n) is 36.1. The minimum Gasteiger partial charge on any atom is -0.465 e. The standard InChI is InChI=1S/C44H86N2O7S2/c1-5-8-11-14-17-18-21-24-38-54-55-39-37-53-43(49)28-30-46(32-31-45(4)33-34-47)29-27-42(48)51-35-36-52-44(50)40-41(25-22-19-15-12-9-6-2)26-23-20-16-13-10-7-3/h41,47H,5-40H2,1-4H3. The minimum absolute atomic E-state index is 0.0467. The van der Waals surface area contributed by atoms with Gasteiger partial charge in [-0.15, -0.1) is 0 Å². The molecule has 0 atom stereocenters.